The molecule has 0 spiro atoms. The zero-order valence-corrected chi connectivity index (χ0v) is 11.4. The first kappa shape index (κ1) is 12.8. The van der Waals surface area contributed by atoms with Crippen LogP contribution in [0.5, 0.6) is 5.75 Å². The number of hydrogen-bond acceptors (Lipinski definition) is 3. The highest BCUT2D eigenvalue weighted by molar-refractivity contribution is 6.33. The van der Waals surface area contributed by atoms with E-state index in [0.717, 1.165) is 22.0 Å². The fourth-order valence-electron chi connectivity index (χ4n) is 2.20. The average Bonchev–Trinajstić information content (AvgIpc) is 2.48. The molecule has 0 atom stereocenters. The van der Waals surface area contributed by atoms with Gasteiger partial charge in [-0.15, -0.1) is 0 Å². The molecule has 2 N–H and O–H groups in total. The maximum absolute atomic E-state index is 10.1. The summed E-state index contributed by atoms with van der Waals surface area (Å²) in [6.45, 7) is 0.485. The van der Waals surface area contributed by atoms with Gasteiger partial charge in [-0.05, 0) is 22.9 Å². The molecule has 0 bridgehead atoms. The molecule has 1 aromatic heterocycles. The van der Waals surface area contributed by atoms with Crippen molar-refractivity contribution in [3.8, 4) is 5.75 Å². The highest BCUT2D eigenvalue weighted by Crippen LogP contribution is 2.28. The normalized spacial score (nSPS) is 10.7. The number of nitrogens with one attached hydrogen (secondary N) is 1. The number of nitrogens with zero attached hydrogens (tertiary/aromatic N) is 1. The molecule has 20 heavy (non-hydrogen) atoms. The molecule has 4 heteroatoms. The van der Waals surface area contributed by atoms with Gasteiger partial charge in [-0.3, -0.25) is 4.98 Å². The van der Waals surface area contributed by atoms with Crippen LogP contribution >= 0.6 is 11.6 Å². The predicted molar refractivity (Wildman–Crippen MR) is 82.2 cm³/mol. The Bertz CT molecular complexity index is 758. The van der Waals surface area contributed by atoms with E-state index in [9.17, 15) is 5.11 Å². The third kappa shape index (κ3) is 2.40. The van der Waals surface area contributed by atoms with Gasteiger partial charge in [-0.25, -0.2) is 0 Å². The van der Waals surface area contributed by atoms with Gasteiger partial charge >= 0.3 is 0 Å². The lowest BCUT2D eigenvalue weighted by atomic mass is 10.0. The summed E-state index contributed by atoms with van der Waals surface area (Å²) in [5.41, 5.74) is 1.60. The quantitative estimate of drug-likeness (QED) is 0.757. The number of phenolic OH excluding ortho intramolecular Hbond substituents is 1. The fraction of sp³-hybridized carbons (Fsp3) is 0.0625. The second kappa shape index (κ2) is 5.39. The van der Waals surface area contributed by atoms with Gasteiger partial charge in [0.2, 0.25) is 0 Å². The van der Waals surface area contributed by atoms with Crippen molar-refractivity contribution in [3.63, 3.8) is 0 Å². The molecule has 0 amide bonds. The van der Waals surface area contributed by atoms with Gasteiger partial charge in [-0.2, -0.15) is 0 Å². The Morgan fingerprint density at radius 1 is 1.10 bits per heavy atom. The molecular weight excluding hydrogens is 272 g/mol. The highest BCUT2D eigenvalue weighted by atomic mass is 35.5. The Labute approximate surface area is 121 Å². The van der Waals surface area contributed by atoms with Gasteiger partial charge in [0.25, 0.3) is 0 Å². The first-order chi connectivity index (χ1) is 9.75. The molecular formula is C16H13ClN2O. The third-order valence-electron chi connectivity index (χ3n) is 3.24. The second-order valence-corrected chi connectivity index (χ2v) is 4.90. The lowest BCUT2D eigenvalue weighted by Gasteiger charge is -2.12. The van der Waals surface area contributed by atoms with E-state index < -0.39 is 0 Å². The molecule has 0 aliphatic heterocycles. The smallest absolute Gasteiger partial charge is 0.121 e. The lowest BCUT2D eigenvalue weighted by molar-refractivity contribution is 0.470. The monoisotopic (exact) mass is 284 g/mol. The van der Waals surface area contributed by atoms with Gasteiger partial charge in [0.15, 0.2) is 0 Å². The number of anilines is 1. The number of aromatic nitrogens is 1. The molecule has 0 fully saturated rings. The minimum absolute atomic E-state index is 0.274. The number of benzene rings is 2. The van der Waals surface area contributed by atoms with E-state index in [2.05, 4.69) is 10.3 Å². The van der Waals surface area contributed by atoms with Crippen LogP contribution in [0.15, 0.2) is 54.9 Å². The number of halogens is 1. The molecule has 2 aromatic carbocycles. The summed E-state index contributed by atoms with van der Waals surface area (Å²) in [6, 6.07) is 13.3. The zero-order valence-electron chi connectivity index (χ0n) is 10.7. The van der Waals surface area contributed by atoms with Crippen molar-refractivity contribution < 1.29 is 5.11 Å². The van der Waals surface area contributed by atoms with E-state index in [1.54, 1.807) is 24.5 Å². The predicted octanol–water partition coefficient (Wildman–Crippen LogP) is 4.21. The molecule has 3 aromatic rings. The minimum Gasteiger partial charge on any atom is -0.508 e. The van der Waals surface area contributed by atoms with Crippen LogP contribution in [0.4, 0.5) is 5.69 Å². The Morgan fingerprint density at radius 2 is 1.95 bits per heavy atom. The molecule has 1 heterocycles. The van der Waals surface area contributed by atoms with Crippen molar-refractivity contribution in [2.24, 2.45) is 0 Å². The lowest BCUT2D eigenvalue weighted by Crippen LogP contribution is -2.01. The van der Waals surface area contributed by atoms with Gasteiger partial charge in [0.05, 0.1) is 16.9 Å². The molecule has 0 radical (unpaired) electrons. The third-order valence-corrected chi connectivity index (χ3v) is 3.57. The molecule has 100 valence electrons. The van der Waals surface area contributed by atoms with Crippen molar-refractivity contribution in [3.05, 3.63) is 65.4 Å². The standard InChI is InChI=1S/C16H13ClN2O/c17-14-7-8-18-10-15(14)19-9-13-12-4-2-1-3-11(12)5-6-16(13)20/h1-8,10,19-20H,9H2. The van der Waals surface area contributed by atoms with Gasteiger partial charge < -0.3 is 10.4 Å². The van der Waals surface area contributed by atoms with Crippen LogP contribution in [0.25, 0.3) is 10.8 Å². The maximum atomic E-state index is 10.1. The van der Waals surface area contributed by atoms with Gasteiger partial charge in [-0.1, -0.05) is 41.9 Å². The van der Waals surface area contributed by atoms with Crippen molar-refractivity contribution in [1.29, 1.82) is 0 Å². The number of pyridine rings is 1. The van der Waals surface area contributed by atoms with Gasteiger partial charge in [0.1, 0.15) is 5.75 Å². The molecule has 3 nitrogen and oxygen atoms in total. The van der Waals surface area contributed by atoms with E-state index in [1.165, 1.54) is 0 Å². The molecule has 0 saturated carbocycles. The van der Waals surface area contributed by atoms with E-state index in [4.69, 9.17) is 11.6 Å². The van der Waals surface area contributed by atoms with Crippen molar-refractivity contribution >= 4 is 28.1 Å². The maximum Gasteiger partial charge on any atom is 0.121 e. The molecule has 0 aliphatic rings. The summed E-state index contributed by atoms with van der Waals surface area (Å²) in [4.78, 5) is 4.03. The topological polar surface area (TPSA) is 45.1 Å². The highest BCUT2D eigenvalue weighted by Gasteiger charge is 2.07. The van der Waals surface area contributed by atoms with Crippen LogP contribution in [0.3, 0.4) is 0 Å². The number of fused-ring (bicyclic) bond motifs is 1. The minimum atomic E-state index is 0.274. The molecule has 3 rings (SSSR count). The summed E-state index contributed by atoms with van der Waals surface area (Å²) >= 11 is 6.08. The van der Waals surface area contributed by atoms with E-state index in [-0.39, 0.29) is 5.75 Å². The van der Waals surface area contributed by atoms with Crippen LogP contribution in [-0.2, 0) is 6.54 Å². The summed E-state index contributed by atoms with van der Waals surface area (Å²) < 4.78 is 0. The van der Waals surface area contributed by atoms with Crippen LogP contribution in [-0.4, -0.2) is 10.1 Å². The van der Waals surface area contributed by atoms with Crippen LogP contribution < -0.4 is 5.32 Å². The van der Waals surface area contributed by atoms with Crippen LogP contribution in [0.1, 0.15) is 5.56 Å². The largest absolute Gasteiger partial charge is 0.508 e. The van der Waals surface area contributed by atoms with Crippen molar-refractivity contribution in [1.82, 2.24) is 4.98 Å². The fourth-order valence-corrected chi connectivity index (χ4v) is 2.37. The summed E-state index contributed by atoms with van der Waals surface area (Å²) in [7, 11) is 0. The number of rotatable bonds is 3. The molecule has 0 saturated heterocycles. The van der Waals surface area contributed by atoms with E-state index in [1.807, 2.05) is 30.3 Å². The van der Waals surface area contributed by atoms with Crippen molar-refractivity contribution in [2.45, 2.75) is 6.54 Å². The summed E-state index contributed by atoms with van der Waals surface area (Å²) in [5, 5.41) is 16.0. The molecule has 0 aliphatic carbocycles. The Balaban J connectivity index is 1.95. The van der Waals surface area contributed by atoms with E-state index in [0.29, 0.717) is 11.6 Å². The molecule has 0 unspecified atom stereocenters. The summed E-state index contributed by atoms with van der Waals surface area (Å²) in [6.07, 6.45) is 3.31. The number of phenols is 1. The van der Waals surface area contributed by atoms with Gasteiger partial charge in [0, 0.05) is 18.3 Å². The SMILES string of the molecule is Oc1ccc2ccccc2c1CNc1cnccc1Cl. The first-order valence-corrected chi connectivity index (χ1v) is 6.66. The average molecular weight is 285 g/mol. The Hall–Kier alpha value is -2.26. The van der Waals surface area contributed by atoms with Crippen LogP contribution in [0, 0.1) is 0 Å². The van der Waals surface area contributed by atoms with Crippen molar-refractivity contribution in [2.75, 3.05) is 5.32 Å². The number of hydrogen-bond donors (Lipinski definition) is 2. The van der Waals surface area contributed by atoms with Crippen LogP contribution in [0.2, 0.25) is 5.02 Å². The Kier molecular flexibility index (Phi) is 3.44. The van der Waals surface area contributed by atoms with E-state index >= 15 is 0 Å². The number of aromatic hydroxyl groups is 1. The second-order valence-electron chi connectivity index (χ2n) is 4.49. The summed E-state index contributed by atoms with van der Waals surface area (Å²) in [5.74, 6) is 0.274. The first-order valence-electron chi connectivity index (χ1n) is 6.28. The zero-order chi connectivity index (χ0) is 13.9. The Morgan fingerprint density at radius 3 is 2.80 bits per heavy atom.